The molecule has 0 radical (unpaired) electrons. The summed E-state index contributed by atoms with van der Waals surface area (Å²) in [5.74, 6) is 2.14. The van der Waals surface area contributed by atoms with Gasteiger partial charge < -0.3 is 14.7 Å². The second kappa shape index (κ2) is 8.35. The number of hydrogen-bond acceptors (Lipinski definition) is 3. The molecule has 0 spiro atoms. The molecule has 2 fully saturated rings. The van der Waals surface area contributed by atoms with E-state index in [1.54, 1.807) is 0 Å². The number of aliphatic hydroxyl groups is 1. The quantitative estimate of drug-likeness (QED) is 0.813. The normalized spacial score (nSPS) is 32.7. The van der Waals surface area contributed by atoms with Crippen molar-refractivity contribution in [2.75, 3.05) is 33.4 Å². The van der Waals surface area contributed by atoms with E-state index < -0.39 is 0 Å². The predicted molar refractivity (Wildman–Crippen MR) is 82.8 cm³/mol. The summed E-state index contributed by atoms with van der Waals surface area (Å²) in [5, 5.41) is 10.3. The SMILES string of the molecule is CCCC1CCC(O)C(CN(C)CC2CCOCC2)C1. The molecule has 2 aliphatic rings. The maximum Gasteiger partial charge on any atom is 0.0580 e. The molecule has 0 aromatic carbocycles. The van der Waals surface area contributed by atoms with Crippen LogP contribution in [-0.2, 0) is 4.74 Å². The van der Waals surface area contributed by atoms with E-state index in [1.165, 1.54) is 45.1 Å². The highest BCUT2D eigenvalue weighted by Gasteiger charge is 2.29. The van der Waals surface area contributed by atoms with E-state index in [9.17, 15) is 5.11 Å². The molecule has 3 atom stereocenters. The van der Waals surface area contributed by atoms with Crippen LogP contribution in [0.5, 0.6) is 0 Å². The Labute approximate surface area is 124 Å². The van der Waals surface area contributed by atoms with Crippen LogP contribution in [0.4, 0.5) is 0 Å². The van der Waals surface area contributed by atoms with Gasteiger partial charge in [-0.2, -0.15) is 0 Å². The number of nitrogens with zero attached hydrogens (tertiary/aromatic N) is 1. The molecule has 3 nitrogen and oxygen atoms in total. The Morgan fingerprint density at radius 2 is 1.80 bits per heavy atom. The molecule has 20 heavy (non-hydrogen) atoms. The lowest BCUT2D eigenvalue weighted by molar-refractivity contribution is 0.0189. The highest BCUT2D eigenvalue weighted by atomic mass is 16.5. The average Bonchev–Trinajstić information content (AvgIpc) is 2.44. The molecule has 3 unspecified atom stereocenters. The van der Waals surface area contributed by atoms with Crippen LogP contribution < -0.4 is 0 Å². The van der Waals surface area contributed by atoms with Crippen molar-refractivity contribution in [3.63, 3.8) is 0 Å². The first kappa shape index (κ1) is 16.3. The van der Waals surface area contributed by atoms with Crippen molar-refractivity contribution in [1.29, 1.82) is 0 Å². The standard InChI is InChI=1S/C17H33NO2/c1-3-4-14-5-6-17(19)16(11-14)13-18(2)12-15-7-9-20-10-8-15/h14-17,19H,3-13H2,1-2H3. The first-order chi connectivity index (χ1) is 9.69. The number of hydrogen-bond donors (Lipinski definition) is 1. The summed E-state index contributed by atoms with van der Waals surface area (Å²) in [4.78, 5) is 2.46. The molecule has 0 aromatic heterocycles. The van der Waals surface area contributed by atoms with E-state index in [-0.39, 0.29) is 6.10 Å². The molecule has 0 amide bonds. The molecule has 0 bridgehead atoms. The highest BCUT2D eigenvalue weighted by molar-refractivity contribution is 4.82. The van der Waals surface area contributed by atoms with E-state index in [0.717, 1.165) is 38.0 Å². The number of ether oxygens (including phenoxy) is 1. The zero-order valence-corrected chi connectivity index (χ0v) is 13.4. The van der Waals surface area contributed by atoms with E-state index in [0.29, 0.717) is 5.92 Å². The number of rotatable bonds is 6. The molecule has 1 saturated carbocycles. The maximum absolute atomic E-state index is 10.3. The average molecular weight is 283 g/mol. The second-order valence-electron chi connectivity index (χ2n) is 7.07. The van der Waals surface area contributed by atoms with Crippen LogP contribution in [0.2, 0.25) is 0 Å². The Kier molecular flexibility index (Phi) is 6.79. The molecule has 2 rings (SSSR count). The van der Waals surface area contributed by atoms with Gasteiger partial charge in [-0.05, 0) is 56.9 Å². The minimum Gasteiger partial charge on any atom is -0.393 e. The smallest absolute Gasteiger partial charge is 0.0580 e. The van der Waals surface area contributed by atoms with Crippen LogP contribution in [0.15, 0.2) is 0 Å². The third kappa shape index (κ3) is 5.01. The van der Waals surface area contributed by atoms with Gasteiger partial charge >= 0.3 is 0 Å². The van der Waals surface area contributed by atoms with Crippen LogP contribution in [-0.4, -0.2) is 49.5 Å². The minimum atomic E-state index is -0.0692. The summed E-state index contributed by atoms with van der Waals surface area (Å²) >= 11 is 0. The van der Waals surface area contributed by atoms with Gasteiger partial charge in [-0.15, -0.1) is 0 Å². The van der Waals surface area contributed by atoms with Crippen LogP contribution in [0.25, 0.3) is 0 Å². The van der Waals surface area contributed by atoms with Crippen molar-refractivity contribution in [3.8, 4) is 0 Å². The Morgan fingerprint density at radius 1 is 1.05 bits per heavy atom. The molecule has 0 aromatic rings. The fraction of sp³-hybridized carbons (Fsp3) is 1.00. The monoisotopic (exact) mass is 283 g/mol. The molecular weight excluding hydrogens is 250 g/mol. The zero-order chi connectivity index (χ0) is 14.4. The van der Waals surface area contributed by atoms with Gasteiger partial charge in [0.05, 0.1) is 6.10 Å². The molecule has 1 heterocycles. The van der Waals surface area contributed by atoms with Gasteiger partial charge in [0.2, 0.25) is 0 Å². The van der Waals surface area contributed by atoms with Gasteiger partial charge in [-0.3, -0.25) is 0 Å². The van der Waals surface area contributed by atoms with Crippen molar-refractivity contribution in [3.05, 3.63) is 0 Å². The first-order valence-corrected chi connectivity index (χ1v) is 8.63. The summed E-state index contributed by atoms with van der Waals surface area (Å²) in [6.45, 7) is 6.38. The molecule has 1 aliphatic heterocycles. The van der Waals surface area contributed by atoms with Gasteiger partial charge in [0.1, 0.15) is 0 Å². The van der Waals surface area contributed by atoms with Gasteiger partial charge in [-0.25, -0.2) is 0 Å². The first-order valence-electron chi connectivity index (χ1n) is 8.63. The van der Waals surface area contributed by atoms with Gasteiger partial charge in [0, 0.05) is 26.3 Å². The lowest BCUT2D eigenvalue weighted by Crippen LogP contribution is -2.39. The van der Waals surface area contributed by atoms with Crippen molar-refractivity contribution < 1.29 is 9.84 Å². The Balaban J connectivity index is 1.74. The molecule has 1 saturated heterocycles. The Hall–Kier alpha value is -0.120. The fourth-order valence-electron chi connectivity index (χ4n) is 4.06. The lowest BCUT2D eigenvalue weighted by Gasteiger charge is -2.36. The summed E-state index contributed by atoms with van der Waals surface area (Å²) in [6, 6.07) is 0. The van der Waals surface area contributed by atoms with Crippen molar-refractivity contribution in [2.45, 2.75) is 58.0 Å². The van der Waals surface area contributed by atoms with Gasteiger partial charge in [-0.1, -0.05) is 19.8 Å². The van der Waals surface area contributed by atoms with Crippen molar-refractivity contribution in [1.82, 2.24) is 4.90 Å². The zero-order valence-electron chi connectivity index (χ0n) is 13.4. The molecule has 118 valence electrons. The Morgan fingerprint density at radius 3 is 2.50 bits per heavy atom. The third-order valence-electron chi connectivity index (χ3n) is 5.20. The predicted octanol–water partition coefficient (Wildman–Crippen LogP) is 2.92. The van der Waals surface area contributed by atoms with E-state index in [4.69, 9.17) is 4.74 Å². The molecule has 1 aliphatic carbocycles. The highest BCUT2D eigenvalue weighted by Crippen LogP contribution is 2.32. The minimum absolute atomic E-state index is 0.0692. The van der Waals surface area contributed by atoms with Gasteiger partial charge in [0.25, 0.3) is 0 Å². The van der Waals surface area contributed by atoms with Crippen LogP contribution >= 0.6 is 0 Å². The summed E-state index contributed by atoms with van der Waals surface area (Å²) < 4.78 is 5.43. The lowest BCUT2D eigenvalue weighted by atomic mass is 9.77. The summed E-state index contributed by atoms with van der Waals surface area (Å²) in [7, 11) is 2.23. The van der Waals surface area contributed by atoms with Gasteiger partial charge in [0.15, 0.2) is 0 Å². The fourth-order valence-corrected chi connectivity index (χ4v) is 4.06. The maximum atomic E-state index is 10.3. The molecule has 3 heteroatoms. The van der Waals surface area contributed by atoms with Crippen molar-refractivity contribution >= 4 is 0 Å². The summed E-state index contributed by atoms with van der Waals surface area (Å²) in [5.41, 5.74) is 0. The van der Waals surface area contributed by atoms with Crippen molar-refractivity contribution in [2.24, 2.45) is 17.8 Å². The van der Waals surface area contributed by atoms with Crippen LogP contribution in [0.3, 0.4) is 0 Å². The number of aliphatic hydroxyl groups excluding tert-OH is 1. The van der Waals surface area contributed by atoms with E-state index in [2.05, 4.69) is 18.9 Å². The molecule has 1 N–H and O–H groups in total. The second-order valence-corrected chi connectivity index (χ2v) is 7.07. The van der Waals surface area contributed by atoms with Crippen LogP contribution in [0, 0.1) is 17.8 Å². The van der Waals surface area contributed by atoms with E-state index in [1.807, 2.05) is 0 Å². The topological polar surface area (TPSA) is 32.7 Å². The molecular formula is C17H33NO2. The largest absolute Gasteiger partial charge is 0.393 e. The third-order valence-corrected chi connectivity index (χ3v) is 5.20. The van der Waals surface area contributed by atoms with Crippen LogP contribution in [0.1, 0.15) is 51.9 Å². The Bertz CT molecular complexity index is 266. The summed E-state index contributed by atoms with van der Waals surface area (Å²) in [6.07, 6.45) is 8.44. The van der Waals surface area contributed by atoms with E-state index >= 15 is 0 Å².